The Morgan fingerprint density at radius 3 is 2.75 bits per heavy atom. The van der Waals surface area contributed by atoms with Crippen LogP contribution in [0, 0.1) is 0 Å². The quantitative estimate of drug-likeness (QED) is 0.634. The van der Waals surface area contributed by atoms with Gasteiger partial charge in [-0.25, -0.2) is 0 Å². The molecule has 2 rings (SSSR count). The number of likely N-dealkylation sites (N-methyl/N-ethyl adjacent to an activating group) is 1. The van der Waals surface area contributed by atoms with Gasteiger partial charge < -0.3 is 5.73 Å². The Morgan fingerprint density at radius 2 is 2.17 bits per heavy atom. The minimum Gasteiger partial charge on any atom is -0.386 e. The molecule has 1 aliphatic rings. The molecule has 1 aromatic heterocycles. The van der Waals surface area contributed by atoms with E-state index < -0.39 is 0 Å². The molecule has 6 heteroatoms. The van der Waals surface area contributed by atoms with Crippen molar-refractivity contribution in [1.29, 1.82) is 0 Å². The summed E-state index contributed by atoms with van der Waals surface area (Å²) >= 11 is 3.38. The van der Waals surface area contributed by atoms with E-state index in [4.69, 9.17) is 5.73 Å². The van der Waals surface area contributed by atoms with Crippen molar-refractivity contribution in [3.63, 3.8) is 0 Å². The van der Waals surface area contributed by atoms with Crippen LogP contribution in [0.3, 0.4) is 0 Å². The monoisotopic (exact) mass is 389 g/mol. The fourth-order valence-electron chi connectivity index (χ4n) is 2.76. The van der Waals surface area contributed by atoms with Crippen molar-refractivity contribution in [3.8, 4) is 0 Å². The van der Waals surface area contributed by atoms with E-state index in [1.165, 1.54) is 0 Å². The molecule has 0 bridgehead atoms. The van der Waals surface area contributed by atoms with Crippen LogP contribution in [0.2, 0.25) is 0 Å². The van der Waals surface area contributed by atoms with Crippen molar-refractivity contribution < 1.29 is 0 Å². The van der Waals surface area contributed by atoms with Gasteiger partial charge in [0.15, 0.2) is 0 Å². The Labute approximate surface area is 152 Å². The predicted octanol–water partition coefficient (Wildman–Crippen LogP) is 3.17. The Morgan fingerprint density at radius 1 is 1.46 bits per heavy atom. The molecule has 0 spiro atoms. The van der Waals surface area contributed by atoms with Gasteiger partial charge in [0, 0.05) is 17.2 Å². The normalized spacial score (nSPS) is 23.1. The molecule has 1 unspecified atom stereocenters. The number of pyridine rings is 1. The summed E-state index contributed by atoms with van der Waals surface area (Å²) in [4.78, 5) is 15.7. The van der Waals surface area contributed by atoms with Crippen molar-refractivity contribution in [2.45, 2.75) is 26.3 Å². The van der Waals surface area contributed by atoms with Crippen LogP contribution >= 0.6 is 15.9 Å². The van der Waals surface area contributed by atoms with E-state index in [1.807, 2.05) is 39.1 Å². The zero-order valence-corrected chi connectivity index (χ0v) is 16.3. The molecule has 0 aliphatic carbocycles. The minimum absolute atomic E-state index is 0.348. The summed E-state index contributed by atoms with van der Waals surface area (Å²) in [7, 11) is 2.05. The topological polar surface area (TPSA) is 66.9 Å². The summed E-state index contributed by atoms with van der Waals surface area (Å²) in [5.74, 6) is 0.656. The molecule has 2 heterocycles. The highest BCUT2D eigenvalue weighted by Crippen LogP contribution is 2.26. The molecule has 0 saturated carbocycles. The number of hydrogen-bond acceptors (Lipinski definition) is 5. The van der Waals surface area contributed by atoms with Crippen LogP contribution in [0.25, 0.3) is 0 Å². The van der Waals surface area contributed by atoms with Crippen LogP contribution in [0.15, 0.2) is 56.7 Å². The summed E-state index contributed by atoms with van der Waals surface area (Å²) in [5, 5.41) is 0. The molecule has 5 nitrogen and oxygen atoms in total. The lowest BCUT2D eigenvalue weighted by molar-refractivity contribution is 0.293. The Hall–Kier alpha value is -1.79. The van der Waals surface area contributed by atoms with Crippen LogP contribution in [0.4, 0.5) is 0 Å². The Balaban J connectivity index is 2.20. The fraction of sp³-hybridized carbons (Fsp3) is 0.389. The van der Waals surface area contributed by atoms with E-state index >= 15 is 0 Å². The number of hydrogen-bond donors (Lipinski definition) is 1. The van der Waals surface area contributed by atoms with E-state index in [-0.39, 0.29) is 5.54 Å². The summed E-state index contributed by atoms with van der Waals surface area (Å²) < 4.78 is 0.943. The SMILES string of the molecule is C=C(/C=C(\C)C1(C)CN(C)CC(N)=N1)N=C(C)c1ccc(Br)cn1. The molecule has 0 aromatic carbocycles. The molecule has 0 fully saturated rings. The standard InChI is InChI=1S/C18H24BrN5/c1-12(18(4)11-24(5)10-17(20)23-18)8-13(2)22-14(3)16-7-6-15(19)9-21-16/h6-9H,2,10-11H2,1,3-5H3,(H2,20,23)/b12-8+,22-14?. The van der Waals surface area contributed by atoms with Gasteiger partial charge in [0.1, 0.15) is 5.84 Å². The third kappa shape index (κ3) is 4.61. The zero-order valence-electron chi connectivity index (χ0n) is 14.7. The number of nitrogens with two attached hydrogens (primary N) is 1. The first kappa shape index (κ1) is 18.5. The lowest BCUT2D eigenvalue weighted by Gasteiger charge is -2.36. The summed E-state index contributed by atoms with van der Waals surface area (Å²) in [6, 6.07) is 3.87. The van der Waals surface area contributed by atoms with E-state index in [0.717, 1.165) is 28.0 Å². The fourth-order valence-corrected chi connectivity index (χ4v) is 2.99. The van der Waals surface area contributed by atoms with Gasteiger partial charge in [0.2, 0.25) is 0 Å². The predicted molar refractivity (Wildman–Crippen MR) is 105 cm³/mol. The molecule has 24 heavy (non-hydrogen) atoms. The van der Waals surface area contributed by atoms with Gasteiger partial charge >= 0.3 is 0 Å². The maximum atomic E-state index is 5.96. The molecule has 1 aromatic rings. The highest BCUT2D eigenvalue weighted by molar-refractivity contribution is 9.10. The maximum Gasteiger partial charge on any atom is 0.109 e. The number of aliphatic imine (C=N–C) groups is 2. The van der Waals surface area contributed by atoms with Gasteiger partial charge in [-0.2, -0.15) is 0 Å². The van der Waals surface area contributed by atoms with Gasteiger partial charge in [-0.05, 0) is 67.5 Å². The zero-order chi connectivity index (χ0) is 17.9. The second-order valence-corrected chi connectivity index (χ2v) is 7.34. The van der Waals surface area contributed by atoms with Crippen molar-refractivity contribution in [1.82, 2.24) is 9.88 Å². The van der Waals surface area contributed by atoms with Gasteiger partial charge in [-0.3, -0.25) is 19.9 Å². The number of rotatable bonds is 4. The molecule has 0 saturated heterocycles. The Kier molecular flexibility index (Phi) is 5.72. The lowest BCUT2D eigenvalue weighted by Crippen LogP contribution is -2.48. The van der Waals surface area contributed by atoms with Crippen molar-refractivity contribution in [2.75, 3.05) is 20.1 Å². The second-order valence-electron chi connectivity index (χ2n) is 6.43. The summed E-state index contributed by atoms with van der Waals surface area (Å²) in [6.07, 6.45) is 3.73. The molecule has 128 valence electrons. The first-order chi connectivity index (χ1) is 11.2. The van der Waals surface area contributed by atoms with E-state index in [9.17, 15) is 0 Å². The molecule has 2 N–H and O–H groups in total. The van der Waals surface area contributed by atoms with Gasteiger partial charge in [-0.15, -0.1) is 0 Å². The average Bonchev–Trinajstić information content (AvgIpc) is 2.46. The third-order valence-electron chi connectivity index (χ3n) is 4.04. The van der Waals surface area contributed by atoms with Crippen LogP contribution in [-0.2, 0) is 0 Å². The van der Waals surface area contributed by atoms with Gasteiger partial charge in [0.25, 0.3) is 0 Å². The molecular weight excluding hydrogens is 366 g/mol. The minimum atomic E-state index is -0.348. The molecule has 0 radical (unpaired) electrons. The average molecular weight is 390 g/mol. The molecule has 0 amide bonds. The number of amidine groups is 1. The Bertz CT molecular complexity index is 717. The smallest absolute Gasteiger partial charge is 0.109 e. The first-order valence-corrected chi connectivity index (χ1v) is 8.56. The second kappa shape index (κ2) is 7.40. The van der Waals surface area contributed by atoms with Crippen molar-refractivity contribution >= 4 is 27.5 Å². The van der Waals surface area contributed by atoms with Crippen LogP contribution in [0.1, 0.15) is 26.5 Å². The first-order valence-electron chi connectivity index (χ1n) is 7.77. The molecule has 1 atom stereocenters. The summed E-state index contributed by atoms with van der Waals surface area (Å²) in [6.45, 7) is 11.6. The largest absolute Gasteiger partial charge is 0.386 e. The van der Waals surface area contributed by atoms with Crippen LogP contribution in [0.5, 0.6) is 0 Å². The number of halogens is 1. The lowest BCUT2D eigenvalue weighted by atomic mass is 9.91. The van der Waals surface area contributed by atoms with Crippen LogP contribution in [-0.4, -0.2) is 47.1 Å². The molecular formula is C18H24BrN5. The van der Waals surface area contributed by atoms with Crippen LogP contribution < -0.4 is 5.73 Å². The van der Waals surface area contributed by atoms with E-state index in [0.29, 0.717) is 18.1 Å². The van der Waals surface area contributed by atoms with E-state index in [2.05, 4.69) is 49.3 Å². The third-order valence-corrected chi connectivity index (χ3v) is 4.51. The number of allylic oxidation sites excluding steroid dienone is 1. The number of nitrogens with zero attached hydrogens (tertiary/aromatic N) is 4. The van der Waals surface area contributed by atoms with Gasteiger partial charge in [-0.1, -0.05) is 6.58 Å². The van der Waals surface area contributed by atoms with E-state index in [1.54, 1.807) is 6.20 Å². The van der Waals surface area contributed by atoms with Crippen molar-refractivity contribution in [2.24, 2.45) is 15.7 Å². The summed E-state index contributed by atoms with van der Waals surface area (Å²) in [5.41, 5.74) is 9.03. The maximum absolute atomic E-state index is 5.96. The highest BCUT2D eigenvalue weighted by Gasteiger charge is 2.31. The molecule has 1 aliphatic heterocycles. The van der Waals surface area contributed by atoms with Gasteiger partial charge in [0.05, 0.1) is 29.2 Å². The number of aromatic nitrogens is 1. The van der Waals surface area contributed by atoms with Crippen molar-refractivity contribution in [3.05, 3.63) is 52.4 Å². The highest BCUT2D eigenvalue weighted by atomic mass is 79.9.